The number of aromatic nitrogens is 2. The highest BCUT2D eigenvalue weighted by molar-refractivity contribution is 6.32. The molecule has 0 bridgehead atoms. The molecule has 0 N–H and O–H groups in total. The maximum absolute atomic E-state index is 11.7. The summed E-state index contributed by atoms with van der Waals surface area (Å²) in [7, 11) is 0. The Bertz CT molecular complexity index is 879. The molecule has 0 atom stereocenters. The first-order valence-electron chi connectivity index (χ1n) is 7.54. The number of hydrogen-bond acceptors (Lipinski definition) is 6. The van der Waals surface area contributed by atoms with E-state index in [1.165, 1.54) is 0 Å². The third kappa shape index (κ3) is 4.58. The molecule has 7 heteroatoms. The molecule has 1 aromatic heterocycles. The lowest BCUT2D eigenvalue weighted by molar-refractivity contribution is -0.148. The van der Waals surface area contributed by atoms with Crippen LogP contribution in [0.15, 0.2) is 52.9 Å². The number of para-hydroxylation sites is 1. The summed E-state index contributed by atoms with van der Waals surface area (Å²) in [6, 6.07) is 14.6. The van der Waals surface area contributed by atoms with Crippen molar-refractivity contribution < 1.29 is 18.7 Å². The van der Waals surface area contributed by atoms with Gasteiger partial charge in [-0.2, -0.15) is 0 Å². The van der Waals surface area contributed by atoms with Gasteiger partial charge < -0.3 is 13.9 Å². The Labute approximate surface area is 149 Å². The van der Waals surface area contributed by atoms with E-state index in [1.807, 2.05) is 31.2 Å². The van der Waals surface area contributed by atoms with Crippen LogP contribution in [0.25, 0.3) is 11.5 Å². The first-order chi connectivity index (χ1) is 12.1. The Morgan fingerprint density at radius 1 is 1.16 bits per heavy atom. The van der Waals surface area contributed by atoms with Gasteiger partial charge in [0.25, 0.3) is 5.89 Å². The van der Waals surface area contributed by atoms with E-state index in [0.29, 0.717) is 16.7 Å². The molecule has 0 amide bonds. The summed E-state index contributed by atoms with van der Waals surface area (Å²) in [5.74, 6) is 0.445. The summed E-state index contributed by atoms with van der Waals surface area (Å²) < 4.78 is 15.9. The van der Waals surface area contributed by atoms with E-state index in [9.17, 15) is 4.79 Å². The van der Waals surface area contributed by atoms with E-state index < -0.39 is 5.97 Å². The van der Waals surface area contributed by atoms with E-state index in [1.54, 1.807) is 24.3 Å². The van der Waals surface area contributed by atoms with Gasteiger partial charge in [0.1, 0.15) is 5.75 Å². The molecule has 2 aromatic carbocycles. The third-order valence-electron chi connectivity index (χ3n) is 3.27. The number of halogens is 1. The Morgan fingerprint density at radius 3 is 2.80 bits per heavy atom. The normalized spacial score (nSPS) is 10.5. The minimum absolute atomic E-state index is 0.121. The Kier molecular flexibility index (Phi) is 5.30. The van der Waals surface area contributed by atoms with Crippen LogP contribution in [0.2, 0.25) is 5.02 Å². The van der Waals surface area contributed by atoms with Gasteiger partial charge in [-0.3, -0.25) is 0 Å². The summed E-state index contributed by atoms with van der Waals surface area (Å²) in [6.07, 6.45) is 0. The van der Waals surface area contributed by atoms with Gasteiger partial charge in [0.15, 0.2) is 13.2 Å². The Morgan fingerprint density at radius 2 is 2.00 bits per heavy atom. The molecule has 0 aliphatic heterocycles. The van der Waals surface area contributed by atoms with E-state index in [0.717, 1.165) is 11.1 Å². The van der Waals surface area contributed by atoms with Crippen LogP contribution in [0.3, 0.4) is 0 Å². The molecule has 1 heterocycles. The van der Waals surface area contributed by atoms with E-state index in [4.69, 9.17) is 25.5 Å². The lowest BCUT2D eigenvalue weighted by Gasteiger charge is -2.06. The van der Waals surface area contributed by atoms with Crippen molar-refractivity contribution in [1.82, 2.24) is 10.2 Å². The van der Waals surface area contributed by atoms with Crippen molar-refractivity contribution in [3.8, 4) is 17.2 Å². The number of hydrogen-bond donors (Lipinski definition) is 0. The largest absolute Gasteiger partial charge is 0.480 e. The zero-order valence-corrected chi connectivity index (χ0v) is 14.2. The molecule has 0 aliphatic carbocycles. The number of benzene rings is 2. The molecule has 25 heavy (non-hydrogen) atoms. The zero-order chi connectivity index (χ0) is 17.6. The smallest absolute Gasteiger partial charge is 0.344 e. The van der Waals surface area contributed by atoms with Crippen molar-refractivity contribution in [2.75, 3.05) is 6.61 Å². The van der Waals surface area contributed by atoms with Gasteiger partial charge in [0, 0.05) is 5.56 Å². The summed E-state index contributed by atoms with van der Waals surface area (Å²) >= 11 is 5.94. The fourth-order valence-electron chi connectivity index (χ4n) is 2.09. The highest BCUT2D eigenvalue weighted by atomic mass is 35.5. The van der Waals surface area contributed by atoms with Crippen LogP contribution in [0.4, 0.5) is 0 Å². The van der Waals surface area contributed by atoms with Crippen LogP contribution in [0.5, 0.6) is 5.75 Å². The molecule has 0 spiro atoms. The topological polar surface area (TPSA) is 74.5 Å². The quantitative estimate of drug-likeness (QED) is 0.623. The molecule has 6 nitrogen and oxygen atoms in total. The Balaban J connectivity index is 1.52. The van der Waals surface area contributed by atoms with Gasteiger partial charge in [0.2, 0.25) is 5.89 Å². The molecular formula is C18H15ClN2O4. The second kappa shape index (κ2) is 7.81. The second-order valence-corrected chi connectivity index (χ2v) is 5.66. The first kappa shape index (κ1) is 17.0. The van der Waals surface area contributed by atoms with E-state index >= 15 is 0 Å². The molecule has 0 unspecified atom stereocenters. The first-order valence-corrected chi connectivity index (χ1v) is 7.92. The van der Waals surface area contributed by atoms with Crippen molar-refractivity contribution in [3.63, 3.8) is 0 Å². The molecular weight excluding hydrogens is 344 g/mol. The molecule has 3 aromatic rings. The number of ether oxygens (including phenoxy) is 2. The highest BCUT2D eigenvalue weighted by Gasteiger charge is 2.12. The molecule has 0 aliphatic rings. The van der Waals surface area contributed by atoms with Crippen molar-refractivity contribution >= 4 is 17.6 Å². The Hall–Kier alpha value is -2.86. The molecule has 0 saturated carbocycles. The average Bonchev–Trinajstić information content (AvgIpc) is 3.08. The molecule has 128 valence electrons. The minimum Gasteiger partial charge on any atom is -0.480 e. The number of nitrogens with zero attached hydrogens (tertiary/aromatic N) is 2. The molecule has 3 rings (SSSR count). The lowest BCUT2D eigenvalue weighted by Crippen LogP contribution is -2.15. The van der Waals surface area contributed by atoms with Gasteiger partial charge in [0.05, 0.1) is 5.02 Å². The summed E-state index contributed by atoms with van der Waals surface area (Å²) in [4.78, 5) is 11.7. The van der Waals surface area contributed by atoms with Crippen LogP contribution in [-0.4, -0.2) is 22.8 Å². The number of carbonyl (C=O) groups is 1. The van der Waals surface area contributed by atoms with Crippen molar-refractivity contribution in [2.24, 2.45) is 0 Å². The highest BCUT2D eigenvalue weighted by Crippen LogP contribution is 2.23. The molecule has 0 saturated heterocycles. The van der Waals surface area contributed by atoms with Crippen LogP contribution < -0.4 is 4.74 Å². The van der Waals surface area contributed by atoms with Crippen LogP contribution in [-0.2, 0) is 16.1 Å². The SMILES string of the molecule is Cc1cccc(-c2nnc(COC(=O)COc3ccccc3Cl)o2)c1. The van der Waals surface area contributed by atoms with Crippen LogP contribution in [0, 0.1) is 6.92 Å². The summed E-state index contributed by atoms with van der Waals surface area (Å²) in [6.45, 7) is 1.59. The predicted octanol–water partition coefficient (Wildman–Crippen LogP) is 3.82. The number of esters is 1. The van der Waals surface area contributed by atoms with Crippen molar-refractivity contribution in [3.05, 3.63) is 65.0 Å². The van der Waals surface area contributed by atoms with Gasteiger partial charge in [-0.25, -0.2) is 4.79 Å². The lowest BCUT2D eigenvalue weighted by atomic mass is 10.1. The maximum atomic E-state index is 11.7. The van der Waals surface area contributed by atoms with Crippen LogP contribution in [0.1, 0.15) is 11.5 Å². The maximum Gasteiger partial charge on any atom is 0.344 e. The fraction of sp³-hybridized carbons (Fsp3) is 0.167. The predicted molar refractivity (Wildman–Crippen MR) is 91.2 cm³/mol. The van der Waals surface area contributed by atoms with Crippen molar-refractivity contribution in [2.45, 2.75) is 13.5 Å². The van der Waals surface area contributed by atoms with Gasteiger partial charge in [-0.15, -0.1) is 10.2 Å². The monoisotopic (exact) mass is 358 g/mol. The number of rotatable bonds is 6. The molecule has 0 radical (unpaired) electrons. The van der Waals surface area contributed by atoms with E-state index in [2.05, 4.69) is 10.2 Å². The zero-order valence-electron chi connectivity index (χ0n) is 13.4. The standard InChI is InChI=1S/C18H15ClN2O4/c1-12-5-4-6-13(9-12)18-21-20-16(25-18)10-24-17(22)11-23-15-8-3-2-7-14(15)19/h2-9H,10-11H2,1H3. The summed E-state index contributed by atoms with van der Waals surface area (Å²) in [5, 5.41) is 8.25. The van der Waals surface area contributed by atoms with E-state index in [-0.39, 0.29) is 19.1 Å². The molecule has 0 fully saturated rings. The van der Waals surface area contributed by atoms with Gasteiger partial charge in [-0.05, 0) is 31.2 Å². The average molecular weight is 359 g/mol. The summed E-state index contributed by atoms with van der Waals surface area (Å²) in [5.41, 5.74) is 1.90. The second-order valence-electron chi connectivity index (χ2n) is 5.25. The van der Waals surface area contributed by atoms with Gasteiger partial charge in [-0.1, -0.05) is 41.4 Å². The third-order valence-corrected chi connectivity index (χ3v) is 3.58. The van der Waals surface area contributed by atoms with Crippen molar-refractivity contribution in [1.29, 1.82) is 0 Å². The fourth-order valence-corrected chi connectivity index (χ4v) is 2.28. The van der Waals surface area contributed by atoms with Gasteiger partial charge >= 0.3 is 5.97 Å². The minimum atomic E-state index is -0.560. The number of aryl methyl sites for hydroxylation is 1. The number of carbonyl (C=O) groups excluding carboxylic acids is 1. The van der Waals surface area contributed by atoms with Crippen LogP contribution >= 0.6 is 11.6 Å².